The highest BCUT2D eigenvalue weighted by atomic mass is 19.4. The number of nitrogens with one attached hydrogen (secondary N) is 1. The minimum absolute atomic E-state index is 0.239. The summed E-state index contributed by atoms with van der Waals surface area (Å²) in [4.78, 5) is 0. The standard InChI is InChI=1S/C9H11F3N2/c1-14-5-6-2-3-8(13)7(4-6)9(10,11)12/h2-4,14H,5,13H2,1H3. The van der Waals surface area contributed by atoms with Crippen molar-refractivity contribution in [1.29, 1.82) is 0 Å². The molecule has 0 fully saturated rings. The molecule has 0 heterocycles. The zero-order valence-corrected chi connectivity index (χ0v) is 7.65. The van der Waals surface area contributed by atoms with Gasteiger partial charge in [-0.25, -0.2) is 0 Å². The van der Waals surface area contributed by atoms with Crippen LogP contribution in [0.25, 0.3) is 0 Å². The van der Waals surface area contributed by atoms with Gasteiger partial charge >= 0.3 is 6.18 Å². The number of rotatable bonds is 2. The van der Waals surface area contributed by atoms with Gasteiger partial charge in [-0.05, 0) is 24.7 Å². The molecule has 14 heavy (non-hydrogen) atoms. The van der Waals surface area contributed by atoms with E-state index in [0.29, 0.717) is 12.1 Å². The van der Waals surface area contributed by atoms with Crippen LogP contribution in [-0.4, -0.2) is 7.05 Å². The van der Waals surface area contributed by atoms with Gasteiger partial charge in [0.25, 0.3) is 0 Å². The SMILES string of the molecule is CNCc1ccc(N)c(C(F)(F)F)c1. The molecule has 1 rings (SSSR count). The fourth-order valence-electron chi connectivity index (χ4n) is 1.16. The molecule has 3 N–H and O–H groups in total. The van der Waals surface area contributed by atoms with Crippen LogP contribution in [0.15, 0.2) is 18.2 Å². The van der Waals surface area contributed by atoms with E-state index in [-0.39, 0.29) is 5.69 Å². The second-order valence-electron chi connectivity index (χ2n) is 2.95. The number of hydrogen-bond donors (Lipinski definition) is 2. The van der Waals surface area contributed by atoms with Crippen LogP contribution in [0.2, 0.25) is 0 Å². The van der Waals surface area contributed by atoms with E-state index in [1.54, 1.807) is 13.1 Å². The monoisotopic (exact) mass is 204 g/mol. The number of benzene rings is 1. The average Bonchev–Trinajstić information content (AvgIpc) is 2.07. The molecule has 5 heteroatoms. The van der Waals surface area contributed by atoms with Crippen LogP contribution >= 0.6 is 0 Å². The Hall–Kier alpha value is -1.23. The summed E-state index contributed by atoms with van der Waals surface area (Å²) in [6, 6.07) is 3.91. The lowest BCUT2D eigenvalue weighted by atomic mass is 10.1. The molecule has 78 valence electrons. The third kappa shape index (κ3) is 2.38. The van der Waals surface area contributed by atoms with E-state index in [9.17, 15) is 13.2 Å². The Labute approximate surface area is 79.9 Å². The van der Waals surface area contributed by atoms with Gasteiger partial charge in [-0.2, -0.15) is 13.2 Å². The van der Waals surface area contributed by atoms with Crippen molar-refractivity contribution in [3.63, 3.8) is 0 Å². The van der Waals surface area contributed by atoms with Crippen molar-refractivity contribution in [2.45, 2.75) is 12.7 Å². The molecule has 1 aromatic rings. The predicted molar refractivity (Wildman–Crippen MR) is 48.6 cm³/mol. The zero-order valence-electron chi connectivity index (χ0n) is 7.65. The predicted octanol–water partition coefficient (Wildman–Crippen LogP) is 2.01. The first-order valence-electron chi connectivity index (χ1n) is 4.05. The highest BCUT2D eigenvalue weighted by molar-refractivity contribution is 5.50. The van der Waals surface area contributed by atoms with Gasteiger partial charge in [0.05, 0.1) is 5.56 Å². The molecule has 0 saturated carbocycles. The number of nitrogen functional groups attached to an aromatic ring is 1. The summed E-state index contributed by atoms with van der Waals surface area (Å²) >= 11 is 0. The Morgan fingerprint density at radius 1 is 1.36 bits per heavy atom. The molecule has 0 aromatic heterocycles. The summed E-state index contributed by atoms with van der Waals surface area (Å²) in [6.07, 6.45) is -4.38. The Balaban J connectivity index is 3.09. The van der Waals surface area contributed by atoms with Crippen molar-refractivity contribution < 1.29 is 13.2 Å². The van der Waals surface area contributed by atoms with E-state index in [1.807, 2.05) is 0 Å². The quantitative estimate of drug-likeness (QED) is 0.723. The topological polar surface area (TPSA) is 38.0 Å². The second kappa shape index (κ2) is 3.88. The van der Waals surface area contributed by atoms with Gasteiger partial charge in [0.1, 0.15) is 0 Å². The van der Waals surface area contributed by atoms with E-state index in [4.69, 9.17) is 5.73 Å². The maximum Gasteiger partial charge on any atom is 0.418 e. The number of hydrogen-bond acceptors (Lipinski definition) is 2. The maximum atomic E-state index is 12.4. The molecule has 0 spiro atoms. The van der Waals surface area contributed by atoms with Crippen molar-refractivity contribution in [2.75, 3.05) is 12.8 Å². The average molecular weight is 204 g/mol. The molecular weight excluding hydrogens is 193 g/mol. The zero-order chi connectivity index (χ0) is 10.8. The van der Waals surface area contributed by atoms with Crippen molar-refractivity contribution in [1.82, 2.24) is 5.32 Å². The van der Waals surface area contributed by atoms with Gasteiger partial charge < -0.3 is 11.1 Å². The lowest BCUT2D eigenvalue weighted by molar-refractivity contribution is -0.136. The molecule has 0 aliphatic heterocycles. The molecule has 0 atom stereocenters. The molecule has 0 bridgehead atoms. The highest BCUT2D eigenvalue weighted by Crippen LogP contribution is 2.33. The largest absolute Gasteiger partial charge is 0.418 e. The van der Waals surface area contributed by atoms with Gasteiger partial charge in [-0.15, -0.1) is 0 Å². The Bertz CT molecular complexity index is 320. The van der Waals surface area contributed by atoms with E-state index < -0.39 is 11.7 Å². The molecule has 0 radical (unpaired) electrons. The molecule has 1 aromatic carbocycles. The molecule has 2 nitrogen and oxygen atoms in total. The smallest absolute Gasteiger partial charge is 0.398 e. The van der Waals surface area contributed by atoms with Crippen LogP contribution in [0, 0.1) is 0 Å². The van der Waals surface area contributed by atoms with Gasteiger partial charge in [0.15, 0.2) is 0 Å². The lowest BCUT2D eigenvalue weighted by Crippen LogP contribution is -2.11. The minimum atomic E-state index is -4.38. The molecular formula is C9H11F3N2. The van der Waals surface area contributed by atoms with Crippen LogP contribution in [0.3, 0.4) is 0 Å². The number of alkyl halides is 3. The number of nitrogens with two attached hydrogens (primary N) is 1. The van der Waals surface area contributed by atoms with Crippen LogP contribution in [0.1, 0.15) is 11.1 Å². The summed E-state index contributed by atoms with van der Waals surface area (Å²) in [5.41, 5.74) is 4.78. The van der Waals surface area contributed by atoms with Crippen molar-refractivity contribution in [3.8, 4) is 0 Å². The fraction of sp³-hybridized carbons (Fsp3) is 0.333. The number of halogens is 3. The first-order valence-corrected chi connectivity index (χ1v) is 4.05. The third-order valence-electron chi connectivity index (χ3n) is 1.80. The number of anilines is 1. The van der Waals surface area contributed by atoms with Crippen molar-refractivity contribution in [3.05, 3.63) is 29.3 Å². The van der Waals surface area contributed by atoms with Crippen molar-refractivity contribution >= 4 is 5.69 Å². The fourth-order valence-corrected chi connectivity index (χ4v) is 1.16. The van der Waals surface area contributed by atoms with Gasteiger partial charge in [0, 0.05) is 12.2 Å². The molecule has 0 aliphatic rings. The molecule has 0 unspecified atom stereocenters. The third-order valence-corrected chi connectivity index (χ3v) is 1.80. The Morgan fingerprint density at radius 3 is 2.50 bits per heavy atom. The summed E-state index contributed by atoms with van der Waals surface area (Å²) in [5.74, 6) is 0. The Morgan fingerprint density at radius 2 is 2.00 bits per heavy atom. The van der Waals surface area contributed by atoms with Crippen molar-refractivity contribution in [2.24, 2.45) is 0 Å². The van der Waals surface area contributed by atoms with Gasteiger partial charge in [-0.1, -0.05) is 6.07 Å². The summed E-state index contributed by atoms with van der Waals surface area (Å²) in [6.45, 7) is 0.392. The maximum absolute atomic E-state index is 12.4. The van der Waals surface area contributed by atoms with Crippen LogP contribution in [0.4, 0.5) is 18.9 Å². The van der Waals surface area contributed by atoms with E-state index >= 15 is 0 Å². The minimum Gasteiger partial charge on any atom is -0.398 e. The van der Waals surface area contributed by atoms with Gasteiger partial charge in [-0.3, -0.25) is 0 Å². The Kier molecular flexibility index (Phi) is 3.00. The molecule has 0 saturated heterocycles. The van der Waals surface area contributed by atoms with Gasteiger partial charge in [0.2, 0.25) is 0 Å². The lowest BCUT2D eigenvalue weighted by Gasteiger charge is -2.11. The van der Waals surface area contributed by atoms with Crippen LogP contribution in [0.5, 0.6) is 0 Å². The summed E-state index contributed by atoms with van der Waals surface area (Å²) in [7, 11) is 1.67. The summed E-state index contributed by atoms with van der Waals surface area (Å²) < 4.78 is 37.1. The normalized spacial score (nSPS) is 11.7. The van der Waals surface area contributed by atoms with Crippen LogP contribution in [-0.2, 0) is 12.7 Å². The molecule has 0 aliphatic carbocycles. The molecule has 0 amide bonds. The first kappa shape index (κ1) is 10.8. The van der Waals surface area contributed by atoms with E-state index in [2.05, 4.69) is 5.32 Å². The summed E-state index contributed by atoms with van der Waals surface area (Å²) in [5, 5.41) is 2.77. The highest BCUT2D eigenvalue weighted by Gasteiger charge is 2.32. The first-order chi connectivity index (χ1) is 6.45. The van der Waals surface area contributed by atoms with E-state index in [0.717, 1.165) is 6.07 Å². The van der Waals surface area contributed by atoms with E-state index in [1.165, 1.54) is 6.07 Å². The second-order valence-corrected chi connectivity index (χ2v) is 2.95. The van der Waals surface area contributed by atoms with Crippen LogP contribution < -0.4 is 11.1 Å².